The number of carbonyl (C=O) groups excluding carboxylic acids is 1. The number of hydrogen-bond donors (Lipinski definition) is 3. The van der Waals surface area contributed by atoms with Gasteiger partial charge in [-0.1, -0.05) is 30.6 Å². The van der Waals surface area contributed by atoms with Crippen molar-refractivity contribution in [1.29, 1.82) is 0 Å². The third kappa shape index (κ3) is 2.98. The number of nitrogens with zero attached hydrogens (tertiary/aromatic N) is 3. The van der Waals surface area contributed by atoms with E-state index in [9.17, 15) is 9.90 Å². The van der Waals surface area contributed by atoms with Crippen LogP contribution in [-0.4, -0.2) is 43.8 Å². The largest absolute Gasteiger partial charge is 0.394 e. The summed E-state index contributed by atoms with van der Waals surface area (Å²) in [7, 11) is 0. The second kappa shape index (κ2) is 6.58. The van der Waals surface area contributed by atoms with Crippen LogP contribution in [-0.2, 0) is 0 Å². The lowest BCUT2D eigenvalue weighted by Gasteiger charge is -2.18. The minimum Gasteiger partial charge on any atom is -0.394 e. The van der Waals surface area contributed by atoms with Crippen molar-refractivity contribution in [2.45, 2.75) is 19.9 Å². The zero-order valence-electron chi connectivity index (χ0n) is 13.1. The van der Waals surface area contributed by atoms with Crippen LogP contribution < -0.4 is 5.32 Å². The van der Waals surface area contributed by atoms with Crippen molar-refractivity contribution in [1.82, 2.24) is 25.4 Å². The van der Waals surface area contributed by atoms with E-state index in [1.165, 1.54) is 6.20 Å². The Morgan fingerprint density at radius 1 is 1.50 bits per heavy atom. The molecular weight excluding hydrogens is 334 g/mol. The summed E-state index contributed by atoms with van der Waals surface area (Å²) >= 11 is 6.34. The summed E-state index contributed by atoms with van der Waals surface area (Å²) < 4.78 is 5.01. The fourth-order valence-electron chi connectivity index (χ4n) is 2.21. The van der Waals surface area contributed by atoms with Crippen LogP contribution in [0.2, 0.25) is 5.02 Å². The molecule has 0 spiro atoms. The van der Waals surface area contributed by atoms with E-state index in [1.807, 2.05) is 13.8 Å². The highest BCUT2D eigenvalue weighted by atomic mass is 35.5. The van der Waals surface area contributed by atoms with Crippen molar-refractivity contribution in [3.05, 3.63) is 29.4 Å². The number of pyridine rings is 1. The van der Waals surface area contributed by atoms with Gasteiger partial charge in [0.1, 0.15) is 5.65 Å². The van der Waals surface area contributed by atoms with Gasteiger partial charge in [-0.15, -0.1) is 0 Å². The molecule has 24 heavy (non-hydrogen) atoms. The lowest BCUT2D eigenvalue weighted by Crippen LogP contribution is -2.41. The molecule has 0 radical (unpaired) electrons. The Morgan fingerprint density at radius 2 is 2.29 bits per heavy atom. The third-order valence-corrected chi connectivity index (χ3v) is 4.11. The Hall–Kier alpha value is -2.45. The maximum absolute atomic E-state index is 12.1. The number of amides is 1. The minimum atomic E-state index is -0.548. The highest BCUT2D eigenvalue weighted by molar-refractivity contribution is 6.37. The molecule has 0 aromatic carbocycles. The molecule has 3 rings (SSSR count). The molecule has 3 heterocycles. The average molecular weight is 350 g/mol. The van der Waals surface area contributed by atoms with E-state index in [1.54, 1.807) is 12.3 Å². The number of H-pyrrole nitrogens is 1. The molecule has 0 saturated heterocycles. The predicted octanol–water partition coefficient (Wildman–Crippen LogP) is 2.01. The van der Waals surface area contributed by atoms with Gasteiger partial charge in [-0.25, -0.2) is 4.98 Å². The molecule has 0 aliphatic carbocycles. The zero-order chi connectivity index (χ0) is 17.3. The van der Waals surface area contributed by atoms with E-state index in [-0.39, 0.29) is 24.2 Å². The lowest BCUT2D eigenvalue weighted by atomic mass is 10.1. The Bertz CT molecular complexity index is 873. The van der Waals surface area contributed by atoms with Crippen LogP contribution in [0.1, 0.15) is 24.5 Å². The van der Waals surface area contributed by atoms with Crippen LogP contribution in [0.4, 0.5) is 0 Å². The van der Waals surface area contributed by atoms with Gasteiger partial charge in [0.05, 0.1) is 23.2 Å². The fraction of sp³-hybridized carbons (Fsp3) is 0.333. The van der Waals surface area contributed by atoms with E-state index >= 15 is 0 Å². The quantitative estimate of drug-likeness (QED) is 0.648. The first-order valence-corrected chi connectivity index (χ1v) is 7.76. The molecule has 8 nitrogen and oxygen atoms in total. The number of aromatic amines is 1. The van der Waals surface area contributed by atoms with E-state index in [4.69, 9.17) is 16.1 Å². The fourth-order valence-corrected chi connectivity index (χ4v) is 2.50. The predicted molar refractivity (Wildman–Crippen MR) is 87.6 cm³/mol. The molecule has 1 atom stereocenters. The summed E-state index contributed by atoms with van der Waals surface area (Å²) in [6.45, 7) is 3.60. The number of aliphatic hydroxyl groups excluding tert-OH is 1. The van der Waals surface area contributed by atoms with Gasteiger partial charge in [0, 0.05) is 17.8 Å². The molecule has 0 unspecified atom stereocenters. The number of rotatable bonds is 5. The summed E-state index contributed by atoms with van der Waals surface area (Å²) in [6, 6.07) is 1.39. The second-order valence-electron chi connectivity index (χ2n) is 5.66. The molecule has 3 aromatic heterocycles. The van der Waals surface area contributed by atoms with Crippen LogP contribution in [0.25, 0.3) is 22.4 Å². The number of fused-ring (bicyclic) bond motifs is 1. The topological polar surface area (TPSA) is 117 Å². The van der Waals surface area contributed by atoms with Gasteiger partial charge in [0.2, 0.25) is 5.82 Å². The molecule has 3 N–H and O–H groups in total. The van der Waals surface area contributed by atoms with Crippen molar-refractivity contribution in [2.75, 3.05) is 6.61 Å². The van der Waals surface area contributed by atoms with Gasteiger partial charge in [0.25, 0.3) is 0 Å². The summed E-state index contributed by atoms with van der Waals surface area (Å²) in [6.07, 6.45) is 3.24. The SMILES string of the molecule is CC(C)[C@@H](CO)NC(=O)c1nc(-c2cnc3[nH]ccc3c2Cl)no1. The van der Waals surface area contributed by atoms with E-state index < -0.39 is 11.9 Å². The summed E-state index contributed by atoms with van der Waals surface area (Å²) in [5.74, 6) is -0.510. The Balaban J connectivity index is 1.87. The lowest BCUT2D eigenvalue weighted by molar-refractivity contribution is 0.0852. The number of nitrogens with one attached hydrogen (secondary N) is 2. The van der Waals surface area contributed by atoms with Crippen molar-refractivity contribution in [3.8, 4) is 11.4 Å². The van der Waals surface area contributed by atoms with Crippen molar-refractivity contribution in [2.24, 2.45) is 5.92 Å². The first kappa shape index (κ1) is 16.4. The molecule has 9 heteroatoms. The van der Waals surface area contributed by atoms with Gasteiger partial charge in [0.15, 0.2) is 0 Å². The van der Waals surface area contributed by atoms with Gasteiger partial charge in [-0.3, -0.25) is 4.79 Å². The van der Waals surface area contributed by atoms with Crippen LogP contribution in [0.5, 0.6) is 0 Å². The molecule has 3 aromatic rings. The molecule has 0 bridgehead atoms. The normalized spacial score (nSPS) is 12.7. The monoisotopic (exact) mass is 349 g/mol. The van der Waals surface area contributed by atoms with E-state index in [2.05, 4.69) is 25.4 Å². The first-order chi connectivity index (χ1) is 11.5. The Morgan fingerprint density at radius 3 is 3.00 bits per heavy atom. The smallest absolute Gasteiger partial charge is 0.316 e. The van der Waals surface area contributed by atoms with Gasteiger partial charge >= 0.3 is 11.8 Å². The standard InChI is InChI=1S/C15H16ClN5O3/c1-7(2)10(6-22)19-14(23)15-20-13(21-24-15)9-5-18-12-8(11(9)16)3-4-17-12/h3-5,7,10,22H,6H2,1-2H3,(H,17,18)(H,19,23)/t10-/m1/s1. The van der Waals surface area contributed by atoms with Crippen LogP contribution in [0.3, 0.4) is 0 Å². The van der Waals surface area contributed by atoms with Crippen molar-refractivity contribution < 1.29 is 14.4 Å². The summed E-state index contributed by atoms with van der Waals surface area (Å²) in [4.78, 5) is 23.4. The molecule has 0 saturated carbocycles. The van der Waals surface area contributed by atoms with E-state index in [0.717, 1.165) is 5.39 Å². The number of aliphatic hydroxyl groups is 1. The summed E-state index contributed by atoms with van der Waals surface area (Å²) in [5.41, 5.74) is 1.11. The van der Waals surface area contributed by atoms with Crippen molar-refractivity contribution in [3.63, 3.8) is 0 Å². The number of hydrogen-bond acceptors (Lipinski definition) is 6. The van der Waals surface area contributed by atoms with Gasteiger partial charge < -0.3 is 19.9 Å². The molecule has 0 fully saturated rings. The summed E-state index contributed by atoms with van der Waals surface area (Å²) in [5, 5.41) is 16.9. The minimum absolute atomic E-state index is 0.0657. The van der Waals surface area contributed by atoms with Crippen molar-refractivity contribution >= 4 is 28.5 Å². The van der Waals surface area contributed by atoms with Gasteiger partial charge in [-0.05, 0) is 12.0 Å². The maximum atomic E-state index is 12.1. The molecule has 0 aliphatic rings. The van der Waals surface area contributed by atoms with Gasteiger partial charge in [-0.2, -0.15) is 4.98 Å². The highest BCUT2D eigenvalue weighted by Gasteiger charge is 2.22. The first-order valence-electron chi connectivity index (χ1n) is 7.38. The Kier molecular flexibility index (Phi) is 4.50. The van der Waals surface area contributed by atoms with Crippen LogP contribution >= 0.6 is 11.6 Å². The molecule has 1 amide bonds. The van der Waals surface area contributed by atoms with E-state index in [0.29, 0.717) is 16.2 Å². The maximum Gasteiger partial charge on any atom is 0.316 e. The zero-order valence-corrected chi connectivity index (χ0v) is 13.8. The Labute approximate surface area is 142 Å². The third-order valence-electron chi connectivity index (χ3n) is 3.70. The number of aromatic nitrogens is 4. The molecule has 0 aliphatic heterocycles. The van der Waals surface area contributed by atoms with Crippen LogP contribution in [0, 0.1) is 5.92 Å². The average Bonchev–Trinajstić information content (AvgIpc) is 3.21. The number of halogens is 1. The number of carbonyl (C=O) groups is 1. The molecule has 126 valence electrons. The van der Waals surface area contributed by atoms with Crippen LogP contribution in [0.15, 0.2) is 23.0 Å². The molecular formula is C15H16ClN5O3. The second-order valence-corrected chi connectivity index (χ2v) is 6.03. The highest BCUT2D eigenvalue weighted by Crippen LogP contribution is 2.31.